The maximum absolute atomic E-state index is 14.6. The maximum atomic E-state index is 14.6. The Morgan fingerprint density at radius 1 is 1.25 bits per heavy atom. The van der Waals surface area contributed by atoms with Crippen molar-refractivity contribution in [2.75, 3.05) is 26.8 Å². The number of carbonyl (C=O) groups excluding carboxylic acids is 1. The number of piperidine rings is 1. The molecule has 1 saturated heterocycles. The first-order valence-electron chi connectivity index (χ1n) is 10.8. The predicted molar refractivity (Wildman–Crippen MR) is 119 cm³/mol. The third kappa shape index (κ3) is 4.36. The fourth-order valence-electron chi connectivity index (χ4n) is 4.22. The van der Waals surface area contributed by atoms with Crippen LogP contribution in [0.25, 0.3) is 10.8 Å². The van der Waals surface area contributed by atoms with Crippen molar-refractivity contribution in [2.24, 2.45) is 0 Å². The van der Waals surface area contributed by atoms with E-state index in [9.17, 15) is 14.0 Å². The van der Waals surface area contributed by atoms with Gasteiger partial charge in [0.1, 0.15) is 11.6 Å². The minimum absolute atomic E-state index is 0.0399. The lowest BCUT2D eigenvalue weighted by Crippen LogP contribution is -2.41. The Morgan fingerprint density at radius 3 is 2.75 bits per heavy atom. The van der Waals surface area contributed by atoms with Gasteiger partial charge in [-0.2, -0.15) is 5.10 Å². The predicted octanol–water partition coefficient (Wildman–Crippen LogP) is 3.30. The third-order valence-corrected chi connectivity index (χ3v) is 5.84. The molecule has 0 radical (unpaired) electrons. The largest absolute Gasteiger partial charge is 0.496 e. The minimum atomic E-state index is -0.553. The summed E-state index contributed by atoms with van der Waals surface area (Å²) in [4.78, 5) is 26.9. The van der Waals surface area contributed by atoms with E-state index in [2.05, 4.69) is 10.2 Å². The van der Waals surface area contributed by atoms with Gasteiger partial charge in [-0.1, -0.05) is 12.1 Å². The summed E-state index contributed by atoms with van der Waals surface area (Å²) in [5.41, 5.74) is 1.02. The van der Waals surface area contributed by atoms with Crippen LogP contribution in [0, 0.1) is 5.82 Å². The van der Waals surface area contributed by atoms with Gasteiger partial charge in [-0.15, -0.1) is 0 Å². The Kier molecular flexibility index (Phi) is 6.50. The van der Waals surface area contributed by atoms with Crippen molar-refractivity contribution < 1.29 is 18.7 Å². The average molecular weight is 439 g/mol. The number of carbonyl (C=O) groups is 1. The number of methoxy groups -OCH3 is 1. The molecule has 1 fully saturated rings. The second kappa shape index (κ2) is 9.48. The van der Waals surface area contributed by atoms with Crippen LogP contribution in [0.1, 0.15) is 41.4 Å². The molecule has 0 unspecified atom stereocenters. The first-order valence-corrected chi connectivity index (χ1v) is 10.8. The van der Waals surface area contributed by atoms with Crippen molar-refractivity contribution in [3.63, 3.8) is 0 Å². The molecule has 2 aromatic carbocycles. The number of amides is 1. The molecule has 4 rings (SSSR count). The van der Waals surface area contributed by atoms with Gasteiger partial charge >= 0.3 is 0 Å². The van der Waals surface area contributed by atoms with Crippen molar-refractivity contribution in [3.05, 3.63) is 69.4 Å². The van der Waals surface area contributed by atoms with Gasteiger partial charge in [0, 0.05) is 26.1 Å². The summed E-state index contributed by atoms with van der Waals surface area (Å²) in [6.07, 6.45) is 1.94. The van der Waals surface area contributed by atoms with Gasteiger partial charge < -0.3 is 14.4 Å². The molecule has 1 aliphatic rings. The summed E-state index contributed by atoms with van der Waals surface area (Å²) in [6, 6.07) is 9.71. The second-order valence-corrected chi connectivity index (χ2v) is 7.82. The summed E-state index contributed by atoms with van der Waals surface area (Å²) in [6.45, 7) is 3.68. The molecule has 168 valence electrons. The molecular weight excluding hydrogens is 413 g/mol. The zero-order valence-electron chi connectivity index (χ0n) is 18.2. The lowest BCUT2D eigenvalue weighted by Gasteiger charge is -2.32. The Morgan fingerprint density at radius 2 is 2.03 bits per heavy atom. The number of ether oxygens (including phenoxy) is 2. The molecule has 0 bridgehead atoms. The van der Waals surface area contributed by atoms with E-state index in [-0.39, 0.29) is 23.1 Å². The quantitative estimate of drug-likeness (QED) is 0.637. The number of aromatic nitrogens is 2. The van der Waals surface area contributed by atoms with E-state index in [0.717, 1.165) is 12.8 Å². The van der Waals surface area contributed by atoms with Gasteiger partial charge in [0.2, 0.25) is 0 Å². The van der Waals surface area contributed by atoms with E-state index in [1.54, 1.807) is 35.2 Å². The third-order valence-electron chi connectivity index (χ3n) is 5.84. The van der Waals surface area contributed by atoms with Crippen LogP contribution in [-0.4, -0.2) is 53.9 Å². The van der Waals surface area contributed by atoms with Crippen LogP contribution >= 0.6 is 0 Å². The average Bonchev–Trinajstić information content (AvgIpc) is 2.82. The molecular formula is C24H26FN3O4. The van der Waals surface area contributed by atoms with E-state index in [0.29, 0.717) is 53.9 Å². The molecule has 1 N–H and O–H groups in total. The molecule has 3 aromatic rings. The molecule has 1 amide bonds. The fraction of sp³-hybridized carbons (Fsp3) is 0.375. The highest BCUT2D eigenvalue weighted by Crippen LogP contribution is 2.27. The van der Waals surface area contributed by atoms with Crippen molar-refractivity contribution >= 4 is 16.7 Å². The lowest BCUT2D eigenvalue weighted by atomic mass is 10.0. The summed E-state index contributed by atoms with van der Waals surface area (Å²) in [5.74, 6) is -0.342. The topological polar surface area (TPSA) is 84.5 Å². The number of H-pyrrole nitrogens is 1. The van der Waals surface area contributed by atoms with Crippen LogP contribution in [0.2, 0.25) is 0 Å². The van der Waals surface area contributed by atoms with E-state index in [1.165, 1.54) is 13.2 Å². The summed E-state index contributed by atoms with van der Waals surface area (Å²) in [5, 5.41) is 7.78. The number of nitrogens with zero attached hydrogens (tertiary/aromatic N) is 2. The summed E-state index contributed by atoms with van der Waals surface area (Å²) in [7, 11) is 1.53. The Hall–Kier alpha value is -3.26. The minimum Gasteiger partial charge on any atom is -0.496 e. The number of nitrogens with one attached hydrogen (secondary N) is 1. The standard InChI is InChI=1S/C24H26FN3O4/c1-3-32-16-9-11-28(12-10-16)24(30)18-13-15(7-8-19(18)25)14-20-22-17(23(29)27-26-20)5-4-6-21(22)31-2/h4-8,13,16H,3,9-12,14H2,1-2H3,(H,27,29). The van der Waals surface area contributed by atoms with Gasteiger partial charge in [0.15, 0.2) is 0 Å². The zero-order chi connectivity index (χ0) is 22.7. The number of hydrogen-bond donors (Lipinski definition) is 1. The summed E-state index contributed by atoms with van der Waals surface area (Å²) >= 11 is 0. The van der Waals surface area contributed by atoms with E-state index < -0.39 is 5.82 Å². The van der Waals surface area contributed by atoms with Gasteiger partial charge in [0.05, 0.1) is 35.2 Å². The highest BCUT2D eigenvalue weighted by atomic mass is 19.1. The van der Waals surface area contributed by atoms with Crippen LogP contribution in [0.5, 0.6) is 5.75 Å². The number of likely N-dealkylation sites (tertiary alicyclic amines) is 1. The molecule has 0 aliphatic carbocycles. The van der Waals surface area contributed by atoms with Crippen molar-refractivity contribution in [1.29, 1.82) is 0 Å². The van der Waals surface area contributed by atoms with Crippen molar-refractivity contribution in [1.82, 2.24) is 15.1 Å². The molecule has 7 nitrogen and oxygen atoms in total. The van der Waals surface area contributed by atoms with Gasteiger partial charge in [0.25, 0.3) is 11.5 Å². The van der Waals surface area contributed by atoms with Crippen LogP contribution in [0.4, 0.5) is 4.39 Å². The molecule has 1 aromatic heterocycles. The van der Waals surface area contributed by atoms with Crippen molar-refractivity contribution in [2.45, 2.75) is 32.3 Å². The smallest absolute Gasteiger partial charge is 0.272 e. The molecule has 8 heteroatoms. The molecule has 1 aliphatic heterocycles. The Bertz CT molecular complexity index is 1190. The van der Waals surface area contributed by atoms with Crippen molar-refractivity contribution in [3.8, 4) is 5.75 Å². The Balaban J connectivity index is 1.61. The van der Waals surface area contributed by atoms with E-state index in [4.69, 9.17) is 9.47 Å². The monoisotopic (exact) mass is 439 g/mol. The zero-order valence-corrected chi connectivity index (χ0v) is 18.2. The SMILES string of the molecule is CCOC1CCN(C(=O)c2cc(Cc3n[nH]c(=O)c4cccc(OC)c34)ccc2F)CC1. The molecule has 0 atom stereocenters. The molecule has 0 saturated carbocycles. The van der Waals surface area contributed by atoms with E-state index in [1.807, 2.05) is 6.92 Å². The first-order chi connectivity index (χ1) is 15.5. The molecule has 2 heterocycles. The first kappa shape index (κ1) is 22.0. The van der Waals surface area contributed by atoms with E-state index >= 15 is 0 Å². The lowest BCUT2D eigenvalue weighted by molar-refractivity contribution is 0.0144. The van der Waals surface area contributed by atoms with Crippen LogP contribution < -0.4 is 10.3 Å². The molecule has 32 heavy (non-hydrogen) atoms. The number of fused-ring (bicyclic) bond motifs is 1. The van der Waals surface area contributed by atoms with Crippen LogP contribution in [0.15, 0.2) is 41.2 Å². The maximum Gasteiger partial charge on any atom is 0.272 e. The molecule has 0 spiro atoms. The fourth-order valence-corrected chi connectivity index (χ4v) is 4.22. The highest BCUT2D eigenvalue weighted by Gasteiger charge is 2.26. The summed E-state index contributed by atoms with van der Waals surface area (Å²) < 4.78 is 25.6. The number of hydrogen-bond acceptors (Lipinski definition) is 5. The number of aromatic amines is 1. The van der Waals surface area contributed by atoms with Crippen LogP contribution in [-0.2, 0) is 11.2 Å². The Labute approximate surface area is 185 Å². The number of benzene rings is 2. The number of halogens is 1. The second-order valence-electron chi connectivity index (χ2n) is 7.82. The number of rotatable bonds is 6. The van der Waals surface area contributed by atoms with Gasteiger partial charge in [-0.25, -0.2) is 9.49 Å². The van der Waals surface area contributed by atoms with Gasteiger partial charge in [-0.05, 0) is 49.6 Å². The highest BCUT2D eigenvalue weighted by molar-refractivity contribution is 5.95. The van der Waals surface area contributed by atoms with Gasteiger partial charge in [-0.3, -0.25) is 9.59 Å². The van der Waals surface area contributed by atoms with Crippen LogP contribution in [0.3, 0.4) is 0 Å². The normalized spacial score (nSPS) is 14.7.